The third-order valence-corrected chi connectivity index (χ3v) is 7.35. The maximum Gasteiger partial charge on any atom is 0.276 e. The predicted octanol–water partition coefficient (Wildman–Crippen LogP) is 6.62. The smallest absolute Gasteiger partial charge is 0.276 e. The summed E-state index contributed by atoms with van der Waals surface area (Å²) >= 11 is 1.36. The number of aromatic amines is 1. The van der Waals surface area contributed by atoms with Gasteiger partial charge in [-0.3, -0.25) is 9.59 Å². The van der Waals surface area contributed by atoms with Gasteiger partial charge in [0.15, 0.2) is 10.6 Å². The number of aromatic nitrogens is 2. The Bertz CT molecular complexity index is 1890. The van der Waals surface area contributed by atoms with E-state index in [0.29, 0.717) is 51.0 Å². The van der Waals surface area contributed by atoms with Crippen LogP contribution in [0.4, 0.5) is 11.4 Å². The molecule has 0 saturated heterocycles. The van der Waals surface area contributed by atoms with Gasteiger partial charge in [-0.2, -0.15) is 0 Å². The fourth-order valence-electron chi connectivity index (χ4n) is 4.49. The van der Waals surface area contributed by atoms with Crippen molar-refractivity contribution in [3.8, 4) is 17.0 Å². The number of hydrogen-bond donors (Lipinski definition) is 2. The molecule has 0 radical (unpaired) electrons. The van der Waals surface area contributed by atoms with Crippen molar-refractivity contribution in [2.75, 3.05) is 12.4 Å². The van der Waals surface area contributed by atoms with Gasteiger partial charge in [0.25, 0.3) is 11.2 Å². The molecule has 0 unspecified atom stereocenters. The zero-order valence-corrected chi connectivity index (χ0v) is 23.0. The highest BCUT2D eigenvalue weighted by atomic mass is 32.2. The van der Waals surface area contributed by atoms with Crippen LogP contribution in [0.1, 0.15) is 22.3 Å². The number of hydrogen-bond acceptors (Lipinski definition) is 7. The van der Waals surface area contributed by atoms with Gasteiger partial charge in [-0.25, -0.2) is 9.83 Å². The number of aryl methyl sites for hydroxylation is 2. The van der Waals surface area contributed by atoms with Crippen LogP contribution in [0.5, 0.6) is 5.75 Å². The first-order valence-electron chi connectivity index (χ1n) is 12.5. The number of H-pyrrole nitrogens is 1. The molecule has 5 rings (SSSR count). The van der Waals surface area contributed by atoms with E-state index in [1.165, 1.54) is 18.0 Å². The third kappa shape index (κ3) is 5.63. The molecule has 0 amide bonds. The van der Waals surface area contributed by atoms with Crippen molar-refractivity contribution in [3.63, 3.8) is 0 Å². The van der Waals surface area contributed by atoms with Crippen LogP contribution >= 0.6 is 11.8 Å². The number of fused-ring (bicyclic) bond motifs is 1. The summed E-state index contributed by atoms with van der Waals surface area (Å²) in [6.45, 7) is 11.7. The van der Waals surface area contributed by atoms with E-state index in [0.717, 1.165) is 22.4 Å². The van der Waals surface area contributed by atoms with Crippen LogP contribution in [0.3, 0.4) is 0 Å². The predicted molar refractivity (Wildman–Crippen MR) is 158 cm³/mol. The molecule has 0 aliphatic carbocycles. The quantitative estimate of drug-likeness (QED) is 0.127. The lowest BCUT2D eigenvalue weighted by Gasteiger charge is -2.10. The van der Waals surface area contributed by atoms with Gasteiger partial charge in [-0.15, -0.1) is 0 Å². The Kier molecular flexibility index (Phi) is 7.71. The van der Waals surface area contributed by atoms with Gasteiger partial charge in [0, 0.05) is 18.0 Å². The zero-order chi connectivity index (χ0) is 28.2. The maximum absolute atomic E-state index is 13.1. The van der Waals surface area contributed by atoms with Crippen molar-refractivity contribution in [1.82, 2.24) is 9.97 Å². The van der Waals surface area contributed by atoms with E-state index in [2.05, 4.69) is 20.1 Å². The molecule has 0 saturated carbocycles. The second kappa shape index (κ2) is 11.5. The second-order valence-electron chi connectivity index (χ2n) is 9.30. The molecule has 2 N–H and O–H groups in total. The number of ether oxygens (including phenoxy) is 1. The molecule has 9 heteroatoms. The fourth-order valence-corrected chi connectivity index (χ4v) is 5.30. The number of anilines is 1. The molecule has 40 heavy (non-hydrogen) atoms. The van der Waals surface area contributed by atoms with Crippen LogP contribution in [-0.2, 0) is 12.3 Å². The normalized spacial score (nSPS) is 10.8. The molecule has 5 aromatic rings. The molecule has 0 atom stereocenters. The minimum absolute atomic E-state index is 0.0392. The van der Waals surface area contributed by atoms with Crippen LogP contribution in [0.15, 0.2) is 86.1 Å². The van der Waals surface area contributed by atoms with Crippen LogP contribution in [0, 0.1) is 20.4 Å². The summed E-state index contributed by atoms with van der Waals surface area (Å²) in [6, 6.07) is 18.8. The Morgan fingerprint density at radius 2 is 1.93 bits per heavy atom. The molecule has 2 heterocycles. The average Bonchev–Trinajstić information content (AvgIpc) is 2.95. The Morgan fingerprint density at radius 3 is 2.73 bits per heavy atom. The number of benzene rings is 3. The highest BCUT2D eigenvalue weighted by Crippen LogP contribution is 2.30. The highest BCUT2D eigenvalue weighted by Gasteiger charge is 2.15. The molecule has 3 aromatic carbocycles. The maximum atomic E-state index is 13.1. The van der Waals surface area contributed by atoms with E-state index in [-0.39, 0.29) is 11.1 Å². The van der Waals surface area contributed by atoms with Gasteiger partial charge < -0.3 is 19.5 Å². The molecular formula is C31H26N4O4S. The molecule has 0 aliphatic rings. The van der Waals surface area contributed by atoms with Gasteiger partial charge in [-0.1, -0.05) is 42.1 Å². The minimum Gasteiger partial charge on any atom is -0.497 e. The summed E-state index contributed by atoms with van der Waals surface area (Å²) in [5, 5.41) is 4.33. The first kappa shape index (κ1) is 26.8. The van der Waals surface area contributed by atoms with E-state index < -0.39 is 5.56 Å². The lowest BCUT2D eigenvalue weighted by atomic mass is 10.1. The Balaban J connectivity index is 1.32. The van der Waals surface area contributed by atoms with E-state index >= 15 is 0 Å². The molecule has 0 bridgehead atoms. The molecule has 0 fully saturated rings. The van der Waals surface area contributed by atoms with Crippen molar-refractivity contribution < 1.29 is 9.15 Å². The molecule has 0 aliphatic heterocycles. The van der Waals surface area contributed by atoms with Gasteiger partial charge in [0.05, 0.1) is 36.6 Å². The number of methoxy groups -OCH3 is 1. The van der Waals surface area contributed by atoms with Gasteiger partial charge in [0.1, 0.15) is 11.3 Å². The SMILES string of the molecule is [C-]#[N+]c1c(-c2cccc(OC)c2)nc(SCc2cccc(NCc3coc4cc(C)cc(C)c4c3=O)c2)[nH]c1=O. The van der Waals surface area contributed by atoms with E-state index in [1.54, 1.807) is 31.4 Å². The van der Waals surface area contributed by atoms with Crippen molar-refractivity contribution in [3.05, 3.63) is 121 Å². The first-order chi connectivity index (χ1) is 19.4. The largest absolute Gasteiger partial charge is 0.497 e. The Morgan fingerprint density at radius 1 is 1.10 bits per heavy atom. The lowest BCUT2D eigenvalue weighted by molar-refractivity contribution is 0.415. The van der Waals surface area contributed by atoms with Crippen LogP contribution < -0.4 is 21.0 Å². The zero-order valence-electron chi connectivity index (χ0n) is 22.2. The average molecular weight is 551 g/mol. The first-order valence-corrected chi connectivity index (χ1v) is 13.5. The lowest BCUT2D eigenvalue weighted by Crippen LogP contribution is -2.14. The highest BCUT2D eigenvalue weighted by molar-refractivity contribution is 7.98. The van der Waals surface area contributed by atoms with Crippen molar-refractivity contribution >= 4 is 34.1 Å². The minimum atomic E-state index is -0.486. The van der Waals surface area contributed by atoms with Crippen molar-refractivity contribution in [2.24, 2.45) is 0 Å². The number of rotatable bonds is 8. The second-order valence-corrected chi connectivity index (χ2v) is 10.3. The van der Waals surface area contributed by atoms with Crippen LogP contribution in [0.25, 0.3) is 27.1 Å². The third-order valence-electron chi connectivity index (χ3n) is 6.40. The van der Waals surface area contributed by atoms with Gasteiger partial charge in [0.2, 0.25) is 0 Å². The molecule has 2 aromatic heterocycles. The van der Waals surface area contributed by atoms with Crippen molar-refractivity contribution in [2.45, 2.75) is 31.3 Å². The van der Waals surface area contributed by atoms with E-state index in [4.69, 9.17) is 15.7 Å². The number of nitrogens with zero attached hydrogens (tertiary/aromatic N) is 2. The molecule has 0 spiro atoms. The number of nitrogens with one attached hydrogen (secondary N) is 2. The Labute approximate surface area is 234 Å². The van der Waals surface area contributed by atoms with E-state index in [9.17, 15) is 9.59 Å². The summed E-state index contributed by atoms with van der Waals surface area (Å²) in [5.74, 6) is 1.14. The molecule has 200 valence electrons. The summed E-state index contributed by atoms with van der Waals surface area (Å²) in [5.41, 5.74) is 5.29. The topological polar surface area (TPSA) is 102 Å². The standard InChI is InChI=1S/C31H26N4O4S/c1-18-11-19(2)26-25(12-18)39-16-22(29(26)36)15-33-23-9-5-7-20(13-23)17-40-31-34-27(28(32-3)30(37)35-31)21-8-6-10-24(14-21)38-4/h5-14,16,33H,15,17H2,1-2,4H3,(H,34,35,37). The molecular weight excluding hydrogens is 524 g/mol. The van der Waals surface area contributed by atoms with Crippen LogP contribution in [-0.4, -0.2) is 17.1 Å². The fraction of sp³-hybridized carbons (Fsp3) is 0.161. The number of thioether (sulfide) groups is 1. The van der Waals surface area contributed by atoms with Crippen molar-refractivity contribution in [1.29, 1.82) is 0 Å². The van der Waals surface area contributed by atoms with Gasteiger partial charge >= 0.3 is 0 Å². The summed E-state index contributed by atoms with van der Waals surface area (Å²) in [4.78, 5) is 36.4. The summed E-state index contributed by atoms with van der Waals surface area (Å²) in [7, 11) is 1.56. The monoisotopic (exact) mass is 550 g/mol. The summed E-state index contributed by atoms with van der Waals surface area (Å²) in [6.07, 6.45) is 1.52. The summed E-state index contributed by atoms with van der Waals surface area (Å²) < 4.78 is 11.0. The van der Waals surface area contributed by atoms with Gasteiger partial charge in [-0.05, 0) is 66.4 Å². The van der Waals surface area contributed by atoms with E-state index in [1.807, 2.05) is 50.2 Å². The van der Waals surface area contributed by atoms with Crippen LogP contribution in [0.2, 0.25) is 0 Å². The molecule has 8 nitrogen and oxygen atoms in total. The Hall–Kier alpha value is -4.81.